The summed E-state index contributed by atoms with van der Waals surface area (Å²) in [5, 5.41) is 9.78. The van der Waals surface area contributed by atoms with Gasteiger partial charge in [0.05, 0.1) is 6.04 Å². The van der Waals surface area contributed by atoms with Gasteiger partial charge in [0.2, 0.25) is 5.91 Å². The lowest BCUT2D eigenvalue weighted by molar-refractivity contribution is -0.117. The van der Waals surface area contributed by atoms with Gasteiger partial charge in [0.1, 0.15) is 0 Å². The highest BCUT2D eigenvalue weighted by molar-refractivity contribution is 5.94. The fraction of sp³-hybridized carbons (Fsp3) is 0.375. The highest BCUT2D eigenvalue weighted by Gasteiger charge is 2.19. The zero-order valence-electron chi connectivity index (χ0n) is 12.7. The second-order valence-electron chi connectivity index (χ2n) is 6.20. The van der Waals surface area contributed by atoms with E-state index in [9.17, 15) is 4.79 Å². The van der Waals surface area contributed by atoms with Crippen molar-refractivity contribution >= 4 is 11.7 Å². The number of anilines is 1. The number of amides is 1. The maximum absolute atomic E-state index is 12.1. The number of nitrogens with two attached hydrogens (primary N) is 1. The van der Waals surface area contributed by atoms with Gasteiger partial charge in [-0.25, -0.2) is 0 Å². The molecule has 0 aliphatic carbocycles. The van der Waals surface area contributed by atoms with E-state index in [1.807, 2.05) is 36.4 Å². The SMILES string of the molecule is CC(C)(C)c1cc(NC(=O)C(N)Cc2ccccc2)n[nH]1. The number of carbonyl (C=O) groups is 1. The molecule has 0 aliphatic rings. The van der Waals surface area contributed by atoms with Crippen LogP contribution in [0.4, 0.5) is 5.82 Å². The highest BCUT2D eigenvalue weighted by Crippen LogP contribution is 2.21. The van der Waals surface area contributed by atoms with Crippen molar-refractivity contribution in [1.82, 2.24) is 10.2 Å². The molecule has 1 aromatic carbocycles. The summed E-state index contributed by atoms with van der Waals surface area (Å²) in [6, 6.07) is 11.0. The molecule has 2 rings (SSSR count). The Labute approximate surface area is 124 Å². The number of hydrogen-bond acceptors (Lipinski definition) is 3. The van der Waals surface area contributed by atoms with Gasteiger partial charge >= 0.3 is 0 Å². The van der Waals surface area contributed by atoms with Crippen LogP contribution in [-0.2, 0) is 16.6 Å². The van der Waals surface area contributed by atoms with Gasteiger partial charge in [-0.1, -0.05) is 51.1 Å². The maximum Gasteiger partial charge on any atom is 0.242 e. The van der Waals surface area contributed by atoms with E-state index in [4.69, 9.17) is 5.73 Å². The predicted molar refractivity (Wildman–Crippen MR) is 84.0 cm³/mol. The molecule has 5 nitrogen and oxygen atoms in total. The summed E-state index contributed by atoms with van der Waals surface area (Å²) in [7, 11) is 0. The smallest absolute Gasteiger partial charge is 0.242 e. The molecule has 0 aliphatic heterocycles. The Morgan fingerprint density at radius 1 is 1.33 bits per heavy atom. The van der Waals surface area contributed by atoms with Crippen molar-refractivity contribution < 1.29 is 4.79 Å². The minimum absolute atomic E-state index is 0.0396. The van der Waals surface area contributed by atoms with Crippen molar-refractivity contribution in [2.24, 2.45) is 5.73 Å². The van der Waals surface area contributed by atoms with Crippen molar-refractivity contribution in [1.29, 1.82) is 0 Å². The standard InChI is InChI=1S/C16H22N4O/c1-16(2,3)13-10-14(20-19-13)18-15(21)12(17)9-11-7-5-4-6-8-11/h4-8,10,12H,9,17H2,1-3H3,(H2,18,19,20,21). The predicted octanol–water partition coefficient (Wildman–Crippen LogP) is 2.22. The third-order valence-electron chi connectivity index (χ3n) is 3.27. The molecule has 0 radical (unpaired) electrons. The number of benzene rings is 1. The number of hydrogen-bond donors (Lipinski definition) is 3. The van der Waals surface area contributed by atoms with Gasteiger partial charge in [-0.2, -0.15) is 5.10 Å². The molecular formula is C16H22N4O. The van der Waals surface area contributed by atoms with Gasteiger partial charge in [-0.15, -0.1) is 0 Å². The lowest BCUT2D eigenvalue weighted by atomic mass is 9.92. The average molecular weight is 286 g/mol. The topological polar surface area (TPSA) is 83.8 Å². The Kier molecular flexibility index (Phi) is 4.43. The van der Waals surface area contributed by atoms with Gasteiger partial charge in [0.25, 0.3) is 0 Å². The Balaban J connectivity index is 1.96. The summed E-state index contributed by atoms with van der Waals surface area (Å²) >= 11 is 0. The van der Waals surface area contributed by atoms with Crippen molar-refractivity contribution in [2.45, 2.75) is 38.6 Å². The second-order valence-corrected chi connectivity index (χ2v) is 6.20. The van der Waals surface area contributed by atoms with Crippen LogP contribution in [0.5, 0.6) is 0 Å². The summed E-state index contributed by atoms with van der Waals surface area (Å²) in [5.41, 5.74) is 7.91. The zero-order chi connectivity index (χ0) is 15.5. The molecule has 4 N–H and O–H groups in total. The zero-order valence-corrected chi connectivity index (χ0v) is 12.7. The molecule has 1 amide bonds. The first-order chi connectivity index (χ1) is 9.86. The highest BCUT2D eigenvalue weighted by atomic mass is 16.2. The Hall–Kier alpha value is -2.14. The third-order valence-corrected chi connectivity index (χ3v) is 3.27. The number of nitrogens with zero attached hydrogens (tertiary/aromatic N) is 1. The minimum Gasteiger partial charge on any atom is -0.320 e. The van der Waals surface area contributed by atoms with Crippen LogP contribution in [0.3, 0.4) is 0 Å². The van der Waals surface area contributed by atoms with Gasteiger partial charge < -0.3 is 11.1 Å². The van der Waals surface area contributed by atoms with E-state index >= 15 is 0 Å². The van der Waals surface area contributed by atoms with E-state index in [1.54, 1.807) is 0 Å². The molecule has 1 unspecified atom stereocenters. The first-order valence-corrected chi connectivity index (χ1v) is 7.02. The van der Waals surface area contributed by atoms with Gasteiger partial charge in [-0.05, 0) is 12.0 Å². The molecule has 0 saturated carbocycles. The molecule has 5 heteroatoms. The second kappa shape index (κ2) is 6.10. The number of aromatic amines is 1. The largest absolute Gasteiger partial charge is 0.320 e. The van der Waals surface area contributed by atoms with E-state index in [0.717, 1.165) is 11.3 Å². The minimum atomic E-state index is -0.595. The number of aromatic nitrogens is 2. The summed E-state index contributed by atoms with van der Waals surface area (Å²) in [6.45, 7) is 6.23. The summed E-state index contributed by atoms with van der Waals surface area (Å²) in [4.78, 5) is 12.1. The molecule has 0 spiro atoms. The average Bonchev–Trinajstić information content (AvgIpc) is 2.88. The Bertz CT molecular complexity index is 598. The Morgan fingerprint density at radius 2 is 2.00 bits per heavy atom. The van der Waals surface area contributed by atoms with Crippen LogP contribution < -0.4 is 11.1 Å². The molecule has 1 atom stereocenters. The fourth-order valence-electron chi connectivity index (χ4n) is 1.95. The monoisotopic (exact) mass is 286 g/mol. The summed E-state index contributed by atoms with van der Waals surface area (Å²) in [5.74, 6) is 0.277. The summed E-state index contributed by atoms with van der Waals surface area (Å²) in [6.07, 6.45) is 0.503. The van der Waals surface area contributed by atoms with E-state index in [0.29, 0.717) is 12.2 Å². The van der Waals surface area contributed by atoms with Gasteiger partial charge in [-0.3, -0.25) is 9.89 Å². The van der Waals surface area contributed by atoms with Crippen molar-refractivity contribution in [2.75, 3.05) is 5.32 Å². The van der Waals surface area contributed by atoms with Crippen LogP contribution >= 0.6 is 0 Å². The van der Waals surface area contributed by atoms with E-state index < -0.39 is 6.04 Å². The van der Waals surface area contributed by atoms with Gasteiger partial charge in [0.15, 0.2) is 5.82 Å². The number of rotatable bonds is 4. The van der Waals surface area contributed by atoms with E-state index in [2.05, 4.69) is 36.3 Å². The first kappa shape index (κ1) is 15.3. The van der Waals surface area contributed by atoms with Crippen LogP contribution in [-0.4, -0.2) is 22.1 Å². The fourth-order valence-corrected chi connectivity index (χ4v) is 1.95. The number of H-pyrrole nitrogens is 1. The quantitative estimate of drug-likeness (QED) is 0.805. The van der Waals surface area contributed by atoms with Crippen LogP contribution in [0.15, 0.2) is 36.4 Å². The molecule has 21 heavy (non-hydrogen) atoms. The van der Waals surface area contributed by atoms with Crippen LogP contribution in [0, 0.1) is 0 Å². The van der Waals surface area contributed by atoms with Crippen LogP contribution in [0.1, 0.15) is 32.0 Å². The maximum atomic E-state index is 12.1. The lowest BCUT2D eigenvalue weighted by Crippen LogP contribution is -2.37. The molecule has 1 heterocycles. The normalized spacial score (nSPS) is 13.0. The third kappa shape index (κ3) is 4.16. The van der Waals surface area contributed by atoms with Crippen molar-refractivity contribution in [3.05, 3.63) is 47.7 Å². The molecule has 0 saturated heterocycles. The Morgan fingerprint density at radius 3 is 2.57 bits per heavy atom. The van der Waals surface area contributed by atoms with Crippen molar-refractivity contribution in [3.63, 3.8) is 0 Å². The first-order valence-electron chi connectivity index (χ1n) is 7.02. The molecule has 0 bridgehead atoms. The van der Waals surface area contributed by atoms with Crippen LogP contribution in [0.25, 0.3) is 0 Å². The molecular weight excluding hydrogens is 264 g/mol. The number of nitrogens with one attached hydrogen (secondary N) is 2. The molecule has 112 valence electrons. The number of carbonyl (C=O) groups excluding carboxylic acids is 1. The van der Waals surface area contributed by atoms with Crippen molar-refractivity contribution in [3.8, 4) is 0 Å². The van der Waals surface area contributed by atoms with Gasteiger partial charge in [0, 0.05) is 17.2 Å². The molecule has 1 aromatic heterocycles. The van der Waals surface area contributed by atoms with Crippen LogP contribution in [0.2, 0.25) is 0 Å². The lowest BCUT2D eigenvalue weighted by Gasteiger charge is -2.14. The van der Waals surface area contributed by atoms with E-state index in [-0.39, 0.29) is 11.3 Å². The summed E-state index contributed by atoms with van der Waals surface area (Å²) < 4.78 is 0. The molecule has 0 fully saturated rings. The van der Waals surface area contributed by atoms with E-state index in [1.165, 1.54) is 0 Å². The molecule has 2 aromatic rings.